The van der Waals surface area contributed by atoms with E-state index in [0.29, 0.717) is 0 Å². The van der Waals surface area contributed by atoms with E-state index >= 15 is 0 Å². The highest BCUT2D eigenvalue weighted by molar-refractivity contribution is 6.04. The molecule has 3 amide bonds. The van der Waals surface area contributed by atoms with Gasteiger partial charge in [0.25, 0.3) is 0 Å². The number of urea groups is 1. The van der Waals surface area contributed by atoms with Crippen LogP contribution in [-0.4, -0.2) is 53.0 Å². The normalized spacial score (nSPS) is 35.7. The van der Waals surface area contributed by atoms with Crippen molar-refractivity contribution in [2.45, 2.75) is 6.04 Å². The molecule has 1 aliphatic heterocycles. The summed E-state index contributed by atoms with van der Waals surface area (Å²) in [5.74, 6) is -2.66. The summed E-state index contributed by atoms with van der Waals surface area (Å²) in [6.45, 7) is 0. The van der Waals surface area contributed by atoms with Gasteiger partial charge in [0, 0.05) is 14.1 Å². The molecule has 0 radical (unpaired) electrons. The molecule has 1 aliphatic carbocycles. The molecule has 3 unspecified atom stereocenters. The van der Waals surface area contributed by atoms with E-state index < -0.39 is 29.9 Å². The van der Waals surface area contributed by atoms with E-state index in [4.69, 9.17) is 5.11 Å². The molecule has 14 heavy (non-hydrogen) atoms. The van der Waals surface area contributed by atoms with E-state index in [2.05, 4.69) is 0 Å². The molecule has 76 valence electrons. The molecule has 1 saturated carbocycles. The third-order valence-electron chi connectivity index (χ3n) is 2.92. The van der Waals surface area contributed by atoms with Gasteiger partial charge in [-0.1, -0.05) is 0 Å². The second-order valence-electron chi connectivity index (χ2n) is 3.67. The Bertz CT molecular complexity index is 340. The fraction of sp³-hybridized carbons (Fsp3) is 0.625. The predicted octanol–water partition coefficient (Wildman–Crippen LogP) is -0.791. The van der Waals surface area contributed by atoms with Crippen molar-refractivity contribution in [2.75, 3.05) is 14.1 Å². The molecule has 0 aromatic heterocycles. The van der Waals surface area contributed by atoms with Gasteiger partial charge in [-0.3, -0.25) is 14.5 Å². The minimum absolute atomic E-state index is 0.384. The van der Waals surface area contributed by atoms with Gasteiger partial charge < -0.3 is 10.0 Å². The molecular weight excluding hydrogens is 188 g/mol. The van der Waals surface area contributed by atoms with Crippen molar-refractivity contribution in [1.82, 2.24) is 9.80 Å². The first kappa shape index (κ1) is 8.98. The maximum Gasteiger partial charge on any atom is 0.326 e. The molecule has 1 heterocycles. The number of aliphatic carboxylic acids is 1. The zero-order valence-corrected chi connectivity index (χ0v) is 7.80. The second kappa shape index (κ2) is 2.46. The molecule has 0 spiro atoms. The molecule has 1 N–H and O–H groups in total. The molecule has 6 heteroatoms. The van der Waals surface area contributed by atoms with Crippen molar-refractivity contribution in [3.05, 3.63) is 0 Å². The van der Waals surface area contributed by atoms with Crippen LogP contribution in [0.25, 0.3) is 0 Å². The zero-order valence-electron chi connectivity index (χ0n) is 7.80. The van der Waals surface area contributed by atoms with Crippen molar-refractivity contribution >= 4 is 17.9 Å². The fourth-order valence-electron chi connectivity index (χ4n) is 2.06. The first-order valence-electron chi connectivity index (χ1n) is 4.24. The smallest absolute Gasteiger partial charge is 0.326 e. The Balaban J connectivity index is 2.28. The monoisotopic (exact) mass is 198 g/mol. The minimum atomic E-state index is -1.01. The van der Waals surface area contributed by atoms with E-state index in [0.717, 1.165) is 4.90 Å². The molecule has 0 aromatic rings. The Morgan fingerprint density at radius 3 is 2.43 bits per heavy atom. The summed E-state index contributed by atoms with van der Waals surface area (Å²) in [5.41, 5.74) is 0. The first-order valence-corrected chi connectivity index (χ1v) is 4.24. The number of carbonyl (C=O) groups excluding carboxylic acids is 2. The average Bonchev–Trinajstić information content (AvgIpc) is 2.86. The van der Waals surface area contributed by atoms with Crippen LogP contribution in [0.3, 0.4) is 0 Å². The number of carboxylic acid groups (broad SMARTS) is 1. The summed E-state index contributed by atoms with van der Waals surface area (Å²) in [4.78, 5) is 35.9. The van der Waals surface area contributed by atoms with Gasteiger partial charge in [-0.15, -0.1) is 0 Å². The van der Waals surface area contributed by atoms with E-state index in [-0.39, 0.29) is 5.91 Å². The first-order chi connectivity index (χ1) is 6.46. The van der Waals surface area contributed by atoms with Gasteiger partial charge in [-0.2, -0.15) is 0 Å². The summed E-state index contributed by atoms with van der Waals surface area (Å²) < 4.78 is 0. The van der Waals surface area contributed by atoms with Crippen LogP contribution in [0.15, 0.2) is 0 Å². The topological polar surface area (TPSA) is 77.9 Å². The van der Waals surface area contributed by atoms with Crippen LogP contribution in [0.5, 0.6) is 0 Å². The summed E-state index contributed by atoms with van der Waals surface area (Å²) in [7, 11) is 2.89. The quantitative estimate of drug-likeness (QED) is 0.599. The molecule has 2 fully saturated rings. The van der Waals surface area contributed by atoms with Gasteiger partial charge in [0.15, 0.2) is 0 Å². The summed E-state index contributed by atoms with van der Waals surface area (Å²) in [6.07, 6.45) is 0. The molecule has 0 bridgehead atoms. The lowest BCUT2D eigenvalue weighted by Crippen LogP contribution is -2.49. The van der Waals surface area contributed by atoms with Gasteiger partial charge >= 0.3 is 12.0 Å². The van der Waals surface area contributed by atoms with Gasteiger partial charge in [-0.05, 0) is 0 Å². The lowest BCUT2D eigenvalue weighted by Gasteiger charge is -2.27. The van der Waals surface area contributed by atoms with E-state index in [1.54, 1.807) is 0 Å². The molecule has 2 aliphatic rings. The van der Waals surface area contributed by atoms with Crippen molar-refractivity contribution in [2.24, 2.45) is 11.8 Å². The van der Waals surface area contributed by atoms with Gasteiger partial charge in [0.1, 0.15) is 0 Å². The van der Waals surface area contributed by atoms with Crippen LogP contribution in [-0.2, 0) is 9.59 Å². The Morgan fingerprint density at radius 1 is 1.36 bits per heavy atom. The Kier molecular flexibility index (Phi) is 1.58. The lowest BCUT2D eigenvalue weighted by atomic mass is 10.3. The van der Waals surface area contributed by atoms with Crippen LogP contribution in [0, 0.1) is 11.8 Å². The predicted molar refractivity (Wildman–Crippen MR) is 44.3 cm³/mol. The van der Waals surface area contributed by atoms with Crippen molar-refractivity contribution in [1.29, 1.82) is 0 Å². The second-order valence-corrected chi connectivity index (χ2v) is 3.67. The van der Waals surface area contributed by atoms with Crippen LogP contribution in [0.1, 0.15) is 0 Å². The largest absolute Gasteiger partial charge is 0.481 e. The number of imide groups is 1. The van der Waals surface area contributed by atoms with Crippen LogP contribution in [0.4, 0.5) is 4.79 Å². The molecule has 1 saturated heterocycles. The van der Waals surface area contributed by atoms with Crippen molar-refractivity contribution in [3.8, 4) is 0 Å². The third-order valence-corrected chi connectivity index (χ3v) is 2.92. The fourth-order valence-corrected chi connectivity index (χ4v) is 2.06. The van der Waals surface area contributed by atoms with E-state index in [9.17, 15) is 14.4 Å². The molecular formula is C8H10N2O4. The van der Waals surface area contributed by atoms with E-state index in [1.807, 2.05) is 0 Å². The molecule has 6 nitrogen and oxygen atoms in total. The van der Waals surface area contributed by atoms with E-state index in [1.165, 1.54) is 19.0 Å². The maximum atomic E-state index is 11.5. The number of fused-ring (bicyclic) bond motifs is 1. The highest BCUT2D eigenvalue weighted by Crippen LogP contribution is 2.47. The highest BCUT2D eigenvalue weighted by atomic mass is 16.4. The van der Waals surface area contributed by atoms with Gasteiger partial charge in [0.05, 0.1) is 17.9 Å². The Labute approximate surface area is 80.1 Å². The number of carboxylic acids is 1. The van der Waals surface area contributed by atoms with Gasteiger partial charge in [-0.25, -0.2) is 4.79 Å². The zero-order chi connectivity index (χ0) is 10.6. The Hall–Kier alpha value is -1.59. The number of hydrogen-bond acceptors (Lipinski definition) is 3. The molecule has 0 aromatic carbocycles. The summed E-state index contributed by atoms with van der Waals surface area (Å²) >= 11 is 0. The molecule has 2 rings (SSSR count). The van der Waals surface area contributed by atoms with Crippen molar-refractivity contribution in [3.63, 3.8) is 0 Å². The van der Waals surface area contributed by atoms with Crippen LogP contribution in [0.2, 0.25) is 0 Å². The maximum absolute atomic E-state index is 11.5. The highest BCUT2D eigenvalue weighted by Gasteiger charge is 2.66. The average molecular weight is 198 g/mol. The lowest BCUT2D eigenvalue weighted by molar-refractivity contribution is -0.140. The Morgan fingerprint density at radius 2 is 1.93 bits per heavy atom. The van der Waals surface area contributed by atoms with Crippen LogP contribution < -0.4 is 0 Å². The number of nitrogens with zero attached hydrogens (tertiary/aromatic N) is 2. The number of rotatable bonds is 1. The third kappa shape index (κ3) is 0.878. The van der Waals surface area contributed by atoms with Crippen LogP contribution >= 0.6 is 0 Å². The number of carbonyl (C=O) groups is 3. The number of hydrogen-bond donors (Lipinski definition) is 1. The SMILES string of the molecule is CN1C(=O)C2C(C(=O)O)C2N(C)C1=O. The minimum Gasteiger partial charge on any atom is -0.481 e. The standard InChI is InChI=1S/C8H10N2O4/c1-9-5-3(4(5)7(12)13)6(11)10(2)8(9)14/h3-5H,1-2H3,(H,12,13). The van der Waals surface area contributed by atoms with Gasteiger partial charge in [0.2, 0.25) is 5.91 Å². The van der Waals surface area contributed by atoms with Crippen molar-refractivity contribution < 1.29 is 19.5 Å². The number of amides is 3. The summed E-state index contributed by atoms with van der Waals surface area (Å²) in [5, 5.41) is 8.78. The molecule has 3 atom stereocenters. The summed E-state index contributed by atoms with van der Waals surface area (Å²) in [6, 6.07) is -0.872.